The molecule has 0 bridgehead atoms. The highest BCUT2D eigenvalue weighted by Gasteiger charge is 2.25. The first-order chi connectivity index (χ1) is 8.27. The van der Waals surface area contributed by atoms with Crippen molar-refractivity contribution in [1.29, 1.82) is 0 Å². The van der Waals surface area contributed by atoms with Crippen molar-refractivity contribution in [1.82, 2.24) is 10.3 Å². The van der Waals surface area contributed by atoms with E-state index < -0.39 is 0 Å². The molecule has 88 valence electrons. The number of carbonyl (C=O) groups excluding carboxylic acids is 1. The second kappa shape index (κ2) is 4.00. The molecule has 3 nitrogen and oxygen atoms in total. The van der Waals surface area contributed by atoms with Gasteiger partial charge in [0.05, 0.1) is 0 Å². The molecule has 1 atom stereocenters. The number of benzene rings is 1. The third kappa shape index (κ3) is 1.67. The quantitative estimate of drug-likeness (QED) is 0.774. The number of carbonyl (C=O) groups is 1. The van der Waals surface area contributed by atoms with Crippen LogP contribution in [0.1, 0.15) is 22.3 Å². The summed E-state index contributed by atoms with van der Waals surface area (Å²) in [5.74, 6) is 0.421. The summed E-state index contributed by atoms with van der Waals surface area (Å²) in [5, 5.41) is 4.33. The minimum Gasteiger partial charge on any atom is -0.360 e. The molecule has 3 heteroatoms. The summed E-state index contributed by atoms with van der Waals surface area (Å²) < 4.78 is 0. The van der Waals surface area contributed by atoms with Gasteiger partial charge in [0.2, 0.25) is 0 Å². The van der Waals surface area contributed by atoms with Crippen LogP contribution in [0.4, 0.5) is 0 Å². The van der Waals surface area contributed by atoms with E-state index in [1.165, 1.54) is 0 Å². The van der Waals surface area contributed by atoms with Crippen LogP contribution in [-0.4, -0.2) is 23.9 Å². The minimum atomic E-state index is 0.147. The first-order valence-electron chi connectivity index (χ1n) is 6.09. The number of hydrogen-bond acceptors (Lipinski definition) is 2. The molecule has 2 heterocycles. The highest BCUT2D eigenvalue weighted by atomic mass is 16.1. The third-order valence-corrected chi connectivity index (χ3v) is 3.61. The molecular weight excluding hydrogens is 212 g/mol. The highest BCUT2D eigenvalue weighted by molar-refractivity contribution is 6.10. The molecule has 3 rings (SSSR count). The molecule has 0 spiro atoms. The summed E-state index contributed by atoms with van der Waals surface area (Å²) in [6.07, 6.45) is 2.82. The molecule has 1 aliphatic rings. The Labute approximate surface area is 100 Å². The molecule has 1 fully saturated rings. The average Bonchev–Trinajstić information content (AvgIpc) is 2.98. The third-order valence-electron chi connectivity index (χ3n) is 3.61. The molecule has 1 saturated heterocycles. The Kier molecular flexibility index (Phi) is 2.48. The number of aromatic nitrogens is 1. The van der Waals surface area contributed by atoms with Gasteiger partial charge >= 0.3 is 0 Å². The number of aryl methyl sites for hydroxylation is 1. The molecule has 2 N–H and O–H groups in total. The van der Waals surface area contributed by atoms with Crippen molar-refractivity contribution >= 4 is 16.7 Å². The molecule has 2 aromatic rings. The zero-order valence-electron chi connectivity index (χ0n) is 9.92. The predicted octanol–water partition coefficient (Wildman–Crippen LogP) is 2.27. The Morgan fingerprint density at radius 3 is 3.06 bits per heavy atom. The molecule has 0 amide bonds. The van der Waals surface area contributed by atoms with E-state index in [0.29, 0.717) is 0 Å². The van der Waals surface area contributed by atoms with Crippen LogP contribution < -0.4 is 5.32 Å². The maximum Gasteiger partial charge on any atom is 0.169 e. The van der Waals surface area contributed by atoms with Crippen molar-refractivity contribution in [3.63, 3.8) is 0 Å². The molecule has 0 saturated carbocycles. The summed E-state index contributed by atoms with van der Waals surface area (Å²) in [5.41, 5.74) is 3.07. The lowest BCUT2D eigenvalue weighted by Crippen LogP contribution is -2.17. The topological polar surface area (TPSA) is 44.9 Å². The normalized spacial score (nSPS) is 19.9. The number of aromatic amines is 1. The Morgan fingerprint density at radius 2 is 2.29 bits per heavy atom. The number of ketones is 1. The molecule has 0 radical (unpaired) electrons. The van der Waals surface area contributed by atoms with E-state index in [2.05, 4.69) is 23.3 Å². The van der Waals surface area contributed by atoms with Crippen LogP contribution in [0.2, 0.25) is 0 Å². The lowest BCUT2D eigenvalue weighted by Gasteiger charge is -2.06. The van der Waals surface area contributed by atoms with Crippen LogP contribution in [0, 0.1) is 12.8 Å². The van der Waals surface area contributed by atoms with Gasteiger partial charge in [0.25, 0.3) is 0 Å². The van der Waals surface area contributed by atoms with Gasteiger partial charge in [-0.3, -0.25) is 4.79 Å². The monoisotopic (exact) mass is 228 g/mol. The van der Waals surface area contributed by atoms with Crippen molar-refractivity contribution < 1.29 is 4.79 Å². The molecular formula is C14H16N2O. The molecule has 17 heavy (non-hydrogen) atoms. The van der Waals surface area contributed by atoms with Crippen LogP contribution in [0.5, 0.6) is 0 Å². The van der Waals surface area contributed by atoms with Gasteiger partial charge in [0.1, 0.15) is 0 Å². The molecule has 1 aliphatic heterocycles. The standard InChI is InChI=1S/C14H16N2O/c1-9-3-2-4-12-13(9)11(8-16-12)14(17)10-5-6-15-7-10/h2-4,8,10,15-16H,5-7H2,1H3. The predicted molar refractivity (Wildman–Crippen MR) is 68.3 cm³/mol. The van der Waals surface area contributed by atoms with Gasteiger partial charge in [-0.05, 0) is 31.5 Å². The van der Waals surface area contributed by atoms with Crippen molar-refractivity contribution in [2.45, 2.75) is 13.3 Å². The minimum absolute atomic E-state index is 0.147. The molecule has 1 aromatic heterocycles. The number of rotatable bonds is 2. The van der Waals surface area contributed by atoms with E-state index in [1.807, 2.05) is 18.3 Å². The second-order valence-electron chi connectivity index (χ2n) is 4.75. The van der Waals surface area contributed by atoms with Gasteiger partial charge in [0, 0.05) is 35.1 Å². The van der Waals surface area contributed by atoms with Crippen molar-refractivity contribution in [3.05, 3.63) is 35.5 Å². The average molecular weight is 228 g/mol. The van der Waals surface area contributed by atoms with E-state index in [9.17, 15) is 4.79 Å². The number of H-pyrrole nitrogens is 1. The SMILES string of the molecule is Cc1cccc2[nH]cc(C(=O)C3CCNC3)c12. The van der Waals surface area contributed by atoms with Crippen LogP contribution >= 0.6 is 0 Å². The van der Waals surface area contributed by atoms with E-state index in [0.717, 1.165) is 41.5 Å². The van der Waals surface area contributed by atoms with Gasteiger partial charge < -0.3 is 10.3 Å². The fraction of sp³-hybridized carbons (Fsp3) is 0.357. The number of Topliss-reactive ketones (excluding diaryl/α,β-unsaturated/α-hetero) is 1. The Hall–Kier alpha value is -1.61. The largest absolute Gasteiger partial charge is 0.360 e. The summed E-state index contributed by atoms with van der Waals surface area (Å²) in [7, 11) is 0. The number of hydrogen-bond donors (Lipinski definition) is 2. The van der Waals surface area contributed by atoms with Gasteiger partial charge in [0.15, 0.2) is 5.78 Å². The van der Waals surface area contributed by atoms with E-state index in [1.54, 1.807) is 0 Å². The molecule has 1 unspecified atom stereocenters. The fourth-order valence-electron chi connectivity index (χ4n) is 2.66. The molecule has 1 aromatic carbocycles. The summed E-state index contributed by atoms with van der Waals surface area (Å²) in [4.78, 5) is 15.6. The number of nitrogens with one attached hydrogen (secondary N) is 2. The van der Waals surface area contributed by atoms with Crippen molar-refractivity contribution in [2.24, 2.45) is 5.92 Å². The van der Waals surface area contributed by atoms with E-state index >= 15 is 0 Å². The van der Waals surface area contributed by atoms with Gasteiger partial charge in [-0.25, -0.2) is 0 Å². The smallest absolute Gasteiger partial charge is 0.169 e. The first kappa shape index (κ1) is 10.5. The zero-order chi connectivity index (χ0) is 11.8. The summed E-state index contributed by atoms with van der Waals surface area (Å²) >= 11 is 0. The van der Waals surface area contributed by atoms with Crippen LogP contribution in [0.3, 0.4) is 0 Å². The van der Waals surface area contributed by atoms with Crippen molar-refractivity contribution in [2.75, 3.05) is 13.1 Å². The second-order valence-corrected chi connectivity index (χ2v) is 4.75. The van der Waals surface area contributed by atoms with Crippen LogP contribution in [-0.2, 0) is 0 Å². The first-order valence-corrected chi connectivity index (χ1v) is 6.09. The van der Waals surface area contributed by atoms with Crippen LogP contribution in [0.25, 0.3) is 10.9 Å². The Balaban J connectivity index is 2.08. The van der Waals surface area contributed by atoms with E-state index in [-0.39, 0.29) is 11.7 Å². The molecule has 0 aliphatic carbocycles. The van der Waals surface area contributed by atoms with E-state index in [4.69, 9.17) is 0 Å². The van der Waals surface area contributed by atoms with Crippen molar-refractivity contribution in [3.8, 4) is 0 Å². The zero-order valence-corrected chi connectivity index (χ0v) is 9.92. The van der Waals surface area contributed by atoms with Gasteiger partial charge in [-0.1, -0.05) is 12.1 Å². The number of fused-ring (bicyclic) bond motifs is 1. The summed E-state index contributed by atoms with van der Waals surface area (Å²) in [6.45, 7) is 3.83. The lowest BCUT2D eigenvalue weighted by molar-refractivity contribution is 0.0932. The van der Waals surface area contributed by atoms with Gasteiger partial charge in [-0.2, -0.15) is 0 Å². The maximum atomic E-state index is 12.4. The van der Waals surface area contributed by atoms with Gasteiger partial charge in [-0.15, -0.1) is 0 Å². The Bertz CT molecular complexity index is 565. The summed E-state index contributed by atoms with van der Waals surface area (Å²) in [6, 6.07) is 6.09. The Morgan fingerprint density at radius 1 is 1.41 bits per heavy atom. The maximum absolute atomic E-state index is 12.4. The lowest BCUT2D eigenvalue weighted by atomic mass is 9.95. The van der Waals surface area contributed by atoms with Crippen LogP contribution in [0.15, 0.2) is 24.4 Å². The highest BCUT2D eigenvalue weighted by Crippen LogP contribution is 2.25. The fourth-order valence-corrected chi connectivity index (χ4v) is 2.66.